The second kappa shape index (κ2) is 5.53. The van der Waals surface area contributed by atoms with Gasteiger partial charge >= 0.3 is 0 Å². The van der Waals surface area contributed by atoms with Crippen molar-refractivity contribution < 1.29 is 4.79 Å². The maximum Gasteiger partial charge on any atom is 0.255 e. The number of carbonyl (C=O) groups excluding carboxylic acids is 1. The minimum atomic E-state index is -0.107. The molecule has 0 fully saturated rings. The van der Waals surface area contributed by atoms with Crippen LogP contribution in [0.3, 0.4) is 0 Å². The molecule has 0 atom stereocenters. The number of benzene rings is 1. The van der Waals surface area contributed by atoms with Gasteiger partial charge in [-0.3, -0.25) is 4.79 Å². The Labute approximate surface area is 121 Å². The third-order valence-corrected chi connectivity index (χ3v) is 3.74. The monoisotopic (exact) mass is 318 g/mol. The molecule has 0 saturated carbocycles. The first-order valence-corrected chi connectivity index (χ1v) is 6.77. The Bertz CT molecular complexity index is 638. The smallest absolute Gasteiger partial charge is 0.255 e. The molecule has 0 radical (unpaired) electrons. The summed E-state index contributed by atoms with van der Waals surface area (Å²) in [4.78, 5) is 16.4. The molecule has 1 aromatic carbocycles. The van der Waals surface area contributed by atoms with Crippen LogP contribution in [0.5, 0.6) is 0 Å². The molecule has 0 aliphatic heterocycles. The fraction of sp³-hybridized carbons (Fsp3) is 0.200. The van der Waals surface area contributed by atoms with Gasteiger partial charge in [-0.05, 0) is 60.0 Å². The summed E-state index contributed by atoms with van der Waals surface area (Å²) in [6.45, 7) is 5.84. The van der Waals surface area contributed by atoms with E-state index in [9.17, 15) is 4.79 Å². The third-order valence-electron chi connectivity index (χ3n) is 2.91. The molecular formula is C15H15BrN2O. The van der Waals surface area contributed by atoms with Crippen molar-refractivity contribution in [3.63, 3.8) is 0 Å². The molecule has 3 nitrogen and oxygen atoms in total. The zero-order valence-electron chi connectivity index (χ0n) is 11.1. The zero-order valence-corrected chi connectivity index (χ0v) is 12.7. The Morgan fingerprint density at radius 2 is 1.89 bits per heavy atom. The molecule has 0 aliphatic rings. The average molecular weight is 319 g/mol. The first-order valence-electron chi connectivity index (χ1n) is 5.98. The molecule has 2 rings (SSSR count). The second-order valence-electron chi connectivity index (χ2n) is 4.60. The quantitative estimate of drug-likeness (QED) is 0.850. The molecule has 0 saturated heterocycles. The predicted molar refractivity (Wildman–Crippen MR) is 80.5 cm³/mol. The number of aromatic nitrogens is 1. The molecule has 1 N–H and O–H groups in total. The molecule has 19 heavy (non-hydrogen) atoms. The van der Waals surface area contributed by atoms with Crippen molar-refractivity contribution in [2.24, 2.45) is 0 Å². The lowest BCUT2D eigenvalue weighted by Gasteiger charge is -2.09. The van der Waals surface area contributed by atoms with Gasteiger partial charge in [0, 0.05) is 5.56 Å². The fourth-order valence-electron chi connectivity index (χ4n) is 1.81. The summed E-state index contributed by atoms with van der Waals surface area (Å²) in [5, 5.41) is 2.87. The lowest BCUT2D eigenvalue weighted by Crippen LogP contribution is -2.14. The highest BCUT2D eigenvalue weighted by Crippen LogP contribution is 2.18. The van der Waals surface area contributed by atoms with Crippen LogP contribution >= 0.6 is 15.9 Å². The summed E-state index contributed by atoms with van der Waals surface area (Å²) >= 11 is 3.34. The predicted octanol–water partition coefficient (Wildman–Crippen LogP) is 4.02. The van der Waals surface area contributed by atoms with Crippen LogP contribution in [0.25, 0.3) is 0 Å². The highest BCUT2D eigenvalue weighted by molar-refractivity contribution is 9.10. The Kier molecular flexibility index (Phi) is 4.00. The number of halogens is 1. The fourth-order valence-corrected chi connectivity index (χ4v) is 2.02. The standard InChI is InChI=1S/C15H15BrN2O/c1-9-4-5-10(2)13(6-9)15(19)18-12-7-11(3)14(16)17-8-12/h4-8H,1-3H3,(H,18,19). The van der Waals surface area contributed by atoms with Crippen molar-refractivity contribution >= 4 is 27.5 Å². The molecule has 2 aromatic rings. The van der Waals surface area contributed by atoms with E-state index in [1.165, 1.54) is 0 Å². The number of pyridine rings is 1. The number of amides is 1. The molecular weight excluding hydrogens is 304 g/mol. The summed E-state index contributed by atoms with van der Waals surface area (Å²) in [7, 11) is 0. The lowest BCUT2D eigenvalue weighted by atomic mass is 10.1. The van der Waals surface area contributed by atoms with Crippen LogP contribution in [0.2, 0.25) is 0 Å². The number of aryl methyl sites for hydroxylation is 3. The Balaban J connectivity index is 2.25. The number of nitrogens with one attached hydrogen (secondary N) is 1. The first-order chi connectivity index (χ1) is 8.97. The van der Waals surface area contributed by atoms with E-state index in [0.29, 0.717) is 11.3 Å². The van der Waals surface area contributed by atoms with Crippen LogP contribution in [0, 0.1) is 20.8 Å². The van der Waals surface area contributed by atoms with E-state index >= 15 is 0 Å². The van der Waals surface area contributed by atoms with Crippen molar-refractivity contribution in [3.8, 4) is 0 Å². The van der Waals surface area contributed by atoms with Crippen molar-refractivity contribution in [1.82, 2.24) is 4.98 Å². The van der Waals surface area contributed by atoms with E-state index in [-0.39, 0.29) is 5.91 Å². The largest absolute Gasteiger partial charge is 0.321 e. The summed E-state index contributed by atoms with van der Waals surface area (Å²) in [5.41, 5.74) is 4.41. The number of hydrogen-bond acceptors (Lipinski definition) is 2. The van der Waals surface area contributed by atoms with Crippen molar-refractivity contribution in [2.75, 3.05) is 5.32 Å². The van der Waals surface area contributed by atoms with Crippen molar-refractivity contribution in [1.29, 1.82) is 0 Å². The molecule has 98 valence electrons. The number of rotatable bonds is 2. The van der Waals surface area contributed by atoms with Gasteiger partial charge in [0.25, 0.3) is 5.91 Å². The molecule has 0 spiro atoms. The molecule has 0 aliphatic carbocycles. The van der Waals surface area contributed by atoms with Crippen LogP contribution < -0.4 is 5.32 Å². The van der Waals surface area contributed by atoms with Gasteiger partial charge < -0.3 is 5.32 Å². The van der Waals surface area contributed by atoms with Gasteiger partial charge in [0.05, 0.1) is 11.9 Å². The van der Waals surface area contributed by atoms with Crippen LogP contribution in [-0.2, 0) is 0 Å². The Morgan fingerprint density at radius 1 is 1.16 bits per heavy atom. The first kappa shape index (κ1) is 13.7. The SMILES string of the molecule is Cc1ccc(C)c(C(=O)Nc2cnc(Br)c(C)c2)c1. The van der Waals surface area contributed by atoms with Gasteiger partial charge in [0.2, 0.25) is 0 Å². The molecule has 4 heteroatoms. The number of hydrogen-bond donors (Lipinski definition) is 1. The average Bonchev–Trinajstić information content (AvgIpc) is 2.36. The second-order valence-corrected chi connectivity index (χ2v) is 5.36. The summed E-state index contributed by atoms with van der Waals surface area (Å²) in [6, 6.07) is 7.73. The zero-order chi connectivity index (χ0) is 14.0. The Hall–Kier alpha value is -1.68. The minimum Gasteiger partial charge on any atom is -0.321 e. The number of carbonyl (C=O) groups is 1. The highest BCUT2D eigenvalue weighted by atomic mass is 79.9. The third kappa shape index (κ3) is 3.20. The summed E-state index contributed by atoms with van der Waals surface area (Å²) in [6.07, 6.45) is 1.64. The van der Waals surface area contributed by atoms with Gasteiger partial charge in [-0.25, -0.2) is 4.98 Å². The van der Waals surface area contributed by atoms with Crippen LogP contribution in [0.1, 0.15) is 27.0 Å². The van der Waals surface area contributed by atoms with Gasteiger partial charge in [-0.2, -0.15) is 0 Å². The molecule has 1 aromatic heterocycles. The van der Waals surface area contributed by atoms with E-state index in [1.54, 1.807) is 6.20 Å². The van der Waals surface area contributed by atoms with E-state index < -0.39 is 0 Å². The normalized spacial score (nSPS) is 10.3. The van der Waals surface area contributed by atoms with Crippen LogP contribution in [-0.4, -0.2) is 10.9 Å². The van der Waals surface area contributed by atoms with Crippen molar-refractivity contribution in [3.05, 3.63) is 57.3 Å². The van der Waals surface area contributed by atoms with E-state index in [1.807, 2.05) is 45.0 Å². The van der Waals surface area contributed by atoms with Crippen LogP contribution in [0.15, 0.2) is 35.1 Å². The molecule has 0 bridgehead atoms. The van der Waals surface area contributed by atoms with Crippen LogP contribution in [0.4, 0.5) is 5.69 Å². The minimum absolute atomic E-state index is 0.107. The van der Waals surface area contributed by atoms with E-state index in [0.717, 1.165) is 21.3 Å². The summed E-state index contributed by atoms with van der Waals surface area (Å²) in [5.74, 6) is -0.107. The van der Waals surface area contributed by atoms with E-state index in [2.05, 4.69) is 26.2 Å². The topological polar surface area (TPSA) is 42.0 Å². The van der Waals surface area contributed by atoms with Crippen molar-refractivity contribution in [2.45, 2.75) is 20.8 Å². The highest BCUT2D eigenvalue weighted by Gasteiger charge is 2.10. The number of anilines is 1. The lowest BCUT2D eigenvalue weighted by molar-refractivity contribution is 0.102. The summed E-state index contributed by atoms with van der Waals surface area (Å²) < 4.78 is 0.789. The molecule has 1 heterocycles. The molecule has 0 unspecified atom stereocenters. The Morgan fingerprint density at radius 3 is 2.58 bits per heavy atom. The van der Waals surface area contributed by atoms with Gasteiger partial charge in [-0.15, -0.1) is 0 Å². The number of nitrogens with zero attached hydrogens (tertiary/aromatic N) is 1. The molecule has 1 amide bonds. The maximum atomic E-state index is 12.2. The maximum absolute atomic E-state index is 12.2. The van der Waals surface area contributed by atoms with Gasteiger partial charge in [0.1, 0.15) is 4.60 Å². The van der Waals surface area contributed by atoms with Gasteiger partial charge in [0.15, 0.2) is 0 Å². The van der Waals surface area contributed by atoms with E-state index in [4.69, 9.17) is 0 Å². The van der Waals surface area contributed by atoms with Gasteiger partial charge in [-0.1, -0.05) is 17.7 Å².